The minimum Gasteiger partial charge on any atom is -0.430 e. The second-order valence-electron chi connectivity index (χ2n) is 3.02. The monoisotopic (exact) mass is 251 g/mol. The summed E-state index contributed by atoms with van der Waals surface area (Å²) in [6, 6.07) is 2.50. The van der Waals surface area contributed by atoms with Crippen molar-refractivity contribution in [2.45, 2.75) is 0 Å². The molecule has 0 fully saturated rings. The van der Waals surface area contributed by atoms with Gasteiger partial charge < -0.3 is 9.73 Å². The Kier molecular flexibility index (Phi) is 3.15. The van der Waals surface area contributed by atoms with Crippen LogP contribution in [0, 0.1) is 0 Å². The highest BCUT2D eigenvalue weighted by molar-refractivity contribution is 6.29. The topological polar surface area (TPSA) is 85.1 Å². The second kappa shape index (κ2) is 4.75. The summed E-state index contributed by atoms with van der Waals surface area (Å²) in [7, 11) is 0. The molecule has 2 rings (SSSR count). The van der Waals surface area contributed by atoms with E-state index in [1.807, 2.05) is 0 Å². The normalized spacial score (nSPS) is 9.94. The van der Waals surface area contributed by atoms with E-state index in [1.54, 1.807) is 0 Å². The highest BCUT2D eigenvalue weighted by atomic mass is 35.5. The Bertz CT molecular complexity index is 591. The van der Waals surface area contributed by atoms with Crippen molar-refractivity contribution < 1.29 is 9.21 Å². The molecule has 0 aromatic carbocycles. The molecule has 0 radical (unpaired) electrons. The van der Waals surface area contributed by atoms with Crippen LogP contribution in [0.2, 0.25) is 5.15 Å². The van der Waals surface area contributed by atoms with Crippen LogP contribution in [0.4, 0.5) is 5.82 Å². The van der Waals surface area contributed by atoms with Crippen LogP contribution < -0.4 is 10.9 Å². The van der Waals surface area contributed by atoms with Gasteiger partial charge in [-0.2, -0.15) is 0 Å². The van der Waals surface area contributed by atoms with Crippen LogP contribution in [0.5, 0.6) is 0 Å². The minimum absolute atomic E-state index is 0.169. The fourth-order valence-corrected chi connectivity index (χ4v) is 1.23. The zero-order valence-corrected chi connectivity index (χ0v) is 9.14. The third kappa shape index (κ3) is 2.88. The number of aromatic nitrogens is 2. The van der Waals surface area contributed by atoms with Crippen LogP contribution in [0.25, 0.3) is 0 Å². The molecule has 0 atom stereocenters. The lowest BCUT2D eigenvalue weighted by molar-refractivity contribution is 0.102. The van der Waals surface area contributed by atoms with E-state index in [2.05, 4.69) is 19.7 Å². The van der Waals surface area contributed by atoms with Gasteiger partial charge in [0.05, 0.1) is 18.0 Å². The Morgan fingerprint density at radius 2 is 2.18 bits per heavy atom. The summed E-state index contributed by atoms with van der Waals surface area (Å²) in [5, 5.41) is 2.63. The third-order valence-corrected chi connectivity index (χ3v) is 1.99. The van der Waals surface area contributed by atoms with E-state index in [4.69, 9.17) is 11.6 Å². The number of anilines is 1. The van der Waals surface area contributed by atoms with Gasteiger partial charge in [-0.3, -0.25) is 9.78 Å². The van der Waals surface area contributed by atoms with Gasteiger partial charge in [-0.05, 0) is 6.07 Å². The van der Waals surface area contributed by atoms with Crippen molar-refractivity contribution in [3.63, 3.8) is 0 Å². The zero-order chi connectivity index (χ0) is 12.3. The van der Waals surface area contributed by atoms with E-state index < -0.39 is 11.5 Å². The first-order chi connectivity index (χ1) is 8.15. The quantitative estimate of drug-likeness (QED) is 0.870. The van der Waals surface area contributed by atoms with Crippen molar-refractivity contribution >= 4 is 23.3 Å². The van der Waals surface area contributed by atoms with Gasteiger partial charge in [0.2, 0.25) is 0 Å². The SMILES string of the molecule is O=C(Nc1cncc(Cl)n1)c1ccc(=O)oc1. The predicted molar refractivity (Wildman–Crippen MR) is 60.0 cm³/mol. The largest absolute Gasteiger partial charge is 0.430 e. The molecule has 0 saturated heterocycles. The van der Waals surface area contributed by atoms with Crippen molar-refractivity contribution in [3.8, 4) is 0 Å². The summed E-state index contributed by atoms with van der Waals surface area (Å²) in [5.74, 6) is -0.251. The summed E-state index contributed by atoms with van der Waals surface area (Å²) < 4.78 is 4.56. The van der Waals surface area contributed by atoms with Gasteiger partial charge in [0.25, 0.3) is 5.91 Å². The van der Waals surface area contributed by atoms with E-state index in [0.717, 1.165) is 12.3 Å². The van der Waals surface area contributed by atoms with Crippen LogP contribution >= 0.6 is 11.6 Å². The standard InChI is InChI=1S/C10H6ClN3O3/c11-7-3-12-4-8(13-7)14-10(16)6-1-2-9(15)17-5-6/h1-5H,(H,13,14,16). The number of nitrogens with one attached hydrogen (secondary N) is 1. The van der Waals surface area contributed by atoms with Gasteiger partial charge in [0, 0.05) is 6.07 Å². The number of halogens is 1. The molecule has 0 unspecified atom stereocenters. The molecule has 2 aromatic rings. The van der Waals surface area contributed by atoms with Gasteiger partial charge in [-0.25, -0.2) is 9.78 Å². The zero-order valence-electron chi connectivity index (χ0n) is 8.38. The van der Waals surface area contributed by atoms with Gasteiger partial charge in [-0.15, -0.1) is 0 Å². The molecule has 1 N–H and O–H groups in total. The molecule has 6 nitrogen and oxygen atoms in total. The average molecular weight is 252 g/mol. The third-order valence-electron chi connectivity index (χ3n) is 1.81. The Labute approximate surface area is 100 Å². The smallest absolute Gasteiger partial charge is 0.335 e. The molecule has 86 valence electrons. The van der Waals surface area contributed by atoms with Gasteiger partial charge >= 0.3 is 5.63 Å². The first-order valence-corrected chi connectivity index (χ1v) is 4.91. The minimum atomic E-state index is -0.524. The number of hydrogen-bond donors (Lipinski definition) is 1. The Morgan fingerprint density at radius 1 is 1.35 bits per heavy atom. The molecule has 2 aromatic heterocycles. The van der Waals surface area contributed by atoms with Crippen LogP contribution in [0.1, 0.15) is 10.4 Å². The van der Waals surface area contributed by atoms with Gasteiger partial charge in [0.15, 0.2) is 5.82 Å². The Hall–Kier alpha value is -2.21. The lowest BCUT2D eigenvalue weighted by Gasteiger charge is -2.02. The highest BCUT2D eigenvalue weighted by Crippen LogP contribution is 2.08. The molecular weight excluding hydrogens is 246 g/mol. The van der Waals surface area contributed by atoms with E-state index in [1.165, 1.54) is 18.5 Å². The number of hydrogen-bond acceptors (Lipinski definition) is 5. The van der Waals surface area contributed by atoms with Crippen molar-refractivity contribution in [2.75, 3.05) is 5.32 Å². The number of carbonyl (C=O) groups is 1. The lowest BCUT2D eigenvalue weighted by atomic mass is 10.3. The van der Waals surface area contributed by atoms with E-state index in [9.17, 15) is 9.59 Å². The van der Waals surface area contributed by atoms with Crippen LogP contribution in [-0.4, -0.2) is 15.9 Å². The van der Waals surface area contributed by atoms with E-state index >= 15 is 0 Å². The summed E-state index contributed by atoms with van der Waals surface area (Å²) in [6.45, 7) is 0. The maximum Gasteiger partial charge on any atom is 0.335 e. The summed E-state index contributed by atoms with van der Waals surface area (Å²) in [5.41, 5.74) is -0.324. The first-order valence-electron chi connectivity index (χ1n) is 4.53. The van der Waals surface area contributed by atoms with Crippen LogP contribution in [0.15, 0.2) is 40.0 Å². The molecule has 0 saturated carbocycles. The average Bonchev–Trinajstić information content (AvgIpc) is 2.29. The number of carbonyl (C=O) groups excluding carboxylic acids is 1. The molecule has 0 aliphatic carbocycles. The van der Waals surface area contributed by atoms with Crippen LogP contribution in [-0.2, 0) is 0 Å². The molecule has 0 aliphatic rings. The summed E-state index contributed by atoms with van der Waals surface area (Å²) in [4.78, 5) is 30.0. The summed E-state index contributed by atoms with van der Waals surface area (Å²) >= 11 is 5.61. The van der Waals surface area contributed by atoms with Gasteiger partial charge in [0.1, 0.15) is 11.4 Å². The van der Waals surface area contributed by atoms with Crippen molar-refractivity contribution in [2.24, 2.45) is 0 Å². The second-order valence-corrected chi connectivity index (χ2v) is 3.41. The van der Waals surface area contributed by atoms with Crippen molar-refractivity contribution in [3.05, 3.63) is 51.9 Å². The maximum atomic E-state index is 11.7. The molecule has 2 heterocycles. The van der Waals surface area contributed by atoms with E-state index in [0.29, 0.717) is 0 Å². The summed E-state index contributed by atoms with van der Waals surface area (Å²) in [6.07, 6.45) is 3.76. The van der Waals surface area contributed by atoms with Crippen molar-refractivity contribution in [1.29, 1.82) is 0 Å². The maximum absolute atomic E-state index is 11.7. The first kappa shape index (κ1) is 11.3. The Morgan fingerprint density at radius 3 is 2.82 bits per heavy atom. The fraction of sp³-hybridized carbons (Fsp3) is 0. The molecule has 0 bridgehead atoms. The molecule has 1 amide bonds. The molecule has 7 heteroatoms. The Balaban J connectivity index is 2.17. The van der Waals surface area contributed by atoms with Crippen molar-refractivity contribution in [1.82, 2.24) is 9.97 Å². The number of nitrogens with zero attached hydrogens (tertiary/aromatic N) is 2. The predicted octanol–water partition coefficient (Wildman–Crippen LogP) is 1.34. The lowest BCUT2D eigenvalue weighted by Crippen LogP contribution is -2.14. The molecular formula is C10H6ClN3O3. The fourth-order valence-electron chi connectivity index (χ4n) is 1.08. The number of amides is 1. The molecule has 17 heavy (non-hydrogen) atoms. The number of rotatable bonds is 2. The van der Waals surface area contributed by atoms with E-state index in [-0.39, 0.29) is 16.5 Å². The van der Waals surface area contributed by atoms with Gasteiger partial charge in [-0.1, -0.05) is 11.6 Å². The highest BCUT2D eigenvalue weighted by Gasteiger charge is 2.08. The van der Waals surface area contributed by atoms with Crippen LogP contribution in [0.3, 0.4) is 0 Å². The molecule has 0 spiro atoms. The molecule has 0 aliphatic heterocycles.